The fraction of sp³-hybridized carbons (Fsp3) is 0.231. The van der Waals surface area contributed by atoms with Gasteiger partial charge in [-0.15, -0.1) is 0 Å². The molecule has 0 saturated carbocycles. The number of halogens is 2. The van der Waals surface area contributed by atoms with Gasteiger partial charge in [0.25, 0.3) is 0 Å². The van der Waals surface area contributed by atoms with Crippen LogP contribution in [0, 0.1) is 5.82 Å². The normalized spacial score (nSPS) is 10.6. The predicted octanol–water partition coefficient (Wildman–Crippen LogP) is 3.32. The zero-order valence-corrected chi connectivity index (χ0v) is 10.6. The summed E-state index contributed by atoms with van der Waals surface area (Å²) in [5.41, 5.74) is 0.398. The van der Waals surface area contributed by atoms with Gasteiger partial charge in [0.2, 0.25) is 5.78 Å². The average Bonchev–Trinajstić information content (AvgIpc) is 2.77. The van der Waals surface area contributed by atoms with Crippen LogP contribution in [-0.2, 0) is 6.54 Å². The molecule has 0 aliphatic heterocycles. The predicted molar refractivity (Wildman–Crippen MR) is 67.4 cm³/mol. The summed E-state index contributed by atoms with van der Waals surface area (Å²) in [5, 5.41) is 4.32. The maximum absolute atomic E-state index is 13.7. The standard InChI is InChI=1S/C13H12ClFN2O/c1-2-7-17-12(5-6-16-17)13(18)10-4-3-9(14)8-11(10)15/h3-6,8H,2,7H2,1H3. The minimum atomic E-state index is -0.614. The second-order valence-electron chi connectivity index (χ2n) is 3.89. The summed E-state index contributed by atoms with van der Waals surface area (Å²) in [4.78, 5) is 12.2. The summed E-state index contributed by atoms with van der Waals surface area (Å²) in [6.45, 7) is 2.61. The molecule has 3 nitrogen and oxygen atoms in total. The van der Waals surface area contributed by atoms with Crippen LogP contribution in [0.5, 0.6) is 0 Å². The number of aromatic nitrogens is 2. The van der Waals surface area contributed by atoms with E-state index in [4.69, 9.17) is 11.6 Å². The van der Waals surface area contributed by atoms with Gasteiger partial charge in [0, 0.05) is 17.8 Å². The van der Waals surface area contributed by atoms with Gasteiger partial charge in [-0.25, -0.2) is 4.39 Å². The Balaban J connectivity index is 2.38. The Morgan fingerprint density at radius 2 is 2.22 bits per heavy atom. The first-order valence-corrected chi connectivity index (χ1v) is 6.03. The molecule has 0 fully saturated rings. The average molecular weight is 267 g/mol. The Labute approximate surface area is 109 Å². The van der Waals surface area contributed by atoms with Crippen LogP contribution in [0.3, 0.4) is 0 Å². The Kier molecular flexibility index (Phi) is 3.77. The van der Waals surface area contributed by atoms with Crippen molar-refractivity contribution in [3.63, 3.8) is 0 Å². The van der Waals surface area contributed by atoms with Gasteiger partial charge in [-0.2, -0.15) is 5.10 Å². The summed E-state index contributed by atoms with van der Waals surface area (Å²) >= 11 is 5.66. The molecule has 1 aromatic heterocycles. The molecule has 5 heteroatoms. The molecule has 2 rings (SSSR count). The van der Waals surface area contributed by atoms with Gasteiger partial charge >= 0.3 is 0 Å². The van der Waals surface area contributed by atoms with E-state index in [-0.39, 0.29) is 16.4 Å². The second-order valence-corrected chi connectivity index (χ2v) is 4.33. The lowest BCUT2D eigenvalue weighted by atomic mass is 10.1. The minimum Gasteiger partial charge on any atom is -0.287 e. The van der Waals surface area contributed by atoms with Gasteiger partial charge in [0.05, 0.1) is 5.56 Å². The highest BCUT2D eigenvalue weighted by Crippen LogP contribution is 2.18. The number of aryl methyl sites for hydroxylation is 1. The van der Waals surface area contributed by atoms with Crippen molar-refractivity contribution in [1.29, 1.82) is 0 Å². The van der Waals surface area contributed by atoms with Crippen LogP contribution in [0.25, 0.3) is 0 Å². The Bertz CT molecular complexity index is 580. The van der Waals surface area contributed by atoms with Crippen LogP contribution in [0.2, 0.25) is 5.02 Å². The first-order valence-electron chi connectivity index (χ1n) is 5.65. The first-order chi connectivity index (χ1) is 8.63. The fourth-order valence-electron chi connectivity index (χ4n) is 1.73. The topological polar surface area (TPSA) is 34.9 Å². The number of rotatable bonds is 4. The highest BCUT2D eigenvalue weighted by Gasteiger charge is 2.17. The van der Waals surface area contributed by atoms with Gasteiger partial charge in [-0.1, -0.05) is 18.5 Å². The molecule has 0 radical (unpaired) electrons. The molecule has 94 valence electrons. The number of ketones is 1. The molecule has 0 unspecified atom stereocenters. The molecule has 1 aromatic carbocycles. The SMILES string of the molecule is CCCn1nccc1C(=O)c1ccc(Cl)cc1F. The Hall–Kier alpha value is -1.68. The molecule has 0 bridgehead atoms. The maximum Gasteiger partial charge on any atom is 0.213 e. The zero-order valence-electron chi connectivity index (χ0n) is 9.86. The highest BCUT2D eigenvalue weighted by molar-refractivity contribution is 6.30. The number of hydrogen-bond donors (Lipinski definition) is 0. The molecular weight excluding hydrogens is 255 g/mol. The van der Waals surface area contributed by atoms with Crippen LogP contribution in [-0.4, -0.2) is 15.6 Å². The van der Waals surface area contributed by atoms with Crippen molar-refractivity contribution in [2.24, 2.45) is 0 Å². The van der Waals surface area contributed by atoms with Gasteiger partial charge in [0.15, 0.2) is 0 Å². The molecule has 0 atom stereocenters. The molecule has 1 heterocycles. The smallest absolute Gasteiger partial charge is 0.213 e. The molecular formula is C13H12ClFN2O. The van der Waals surface area contributed by atoms with Crippen molar-refractivity contribution < 1.29 is 9.18 Å². The van der Waals surface area contributed by atoms with Crippen molar-refractivity contribution in [2.75, 3.05) is 0 Å². The Morgan fingerprint density at radius 3 is 2.89 bits per heavy atom. The van der Waals surface area contributed by atoms with E-state index in [0.29, 0.717) is 12.2 Å². The largest absolute Gasteiger partial charge is 0.287 e. The van der Waals surface area contributed by atoms with Crippen LogP contribution < -0.4 is 0 Å². The fourth-order valence-corrected chi connectivity index (χ4v) is 1.89. The summed E-state index contributed by atoms with van der Waals surface area (Å²) in [5.74, 6) is -0.994. The maximum atomic E-state index is 13.7. The molecule has 0 spiro atoms. The van der Waals surface area contributed by atoms with Crippen LogP contribution in [0.1, 0.15) is 29.4 Å². The van der Waals surface area contributed by atoms with Crippen molar-refractivity contribution in [2.45, 2.75) is 19.9 Å². The monoisotopic (exact) mass is 266 g/mol. The molecule has 0 saturated heterocycles. The van der Waals surface area contributed by atoms with E-state index >= 15 is 0 Å². The van der Waals surface area contributed by atoms with E-state index in [1.807, 2.05) is 6.92 Å². The van der Waals surface area contributed by atoms with Gasteiger partial charge in [-0.05, 0) is 30.7 Å². The van der Waals surface area contributed by atoms with Crippen LogP contribution in [0.4, 0.5) is 4.39 Å². The summed E-state index contributed by atoms with van der Waals surface area (Å²) in [6.07, 6.45) is 2.39. The highest BCUT2D eigenvalue weighted by atomic mass is 35.5. The summed E-state index contributed by atoms with van der Waals surface area (Å²) in [6, 6.07) is 5.61. The molecule has 18 heavy (non-hydrogen) atoms. The number of benzene rings is 1. The third-order valence-electron chi connectivity index (χ3n) is 2.56. The third kappa shape index (κ3) is 2.43. The van der Waals surface area contributed by atoms with Crippen LogP contribution >= 0.6 is 11.6 Å². The van der Waals surface area contributed by atoms with Crippen molar-refractivity contribution >= 4 is 17.4 Å². The number of hydrogen-bond acceptors (Lipinski definition) is 2. The number of carbonyl (C=O) groups excluding carboxylic acids is 1. The summed E-state index contributed by atoms with van der Waals surface area (Å²) in [7, 11) is 0. The van der Waals surface area contributed by atoms with Gasteiger partial charge in [-0.3, -0.25) is 9.48 Å². The molecule has 0 aliphatic rings. The number of carbonyl (C=O) groups is 1. The van der Waals surface area contributed by atoms with Crippen molar-refractivity contribution in [1.82, 2.24) is 9.78 Å². The van der Waals surface area contributed by atoms with E-state index in [0.717, 1.165) is 12.5 Å². The van der Waals surface area contributed by atoms with E-state index in [1.165, 1.54) is 18.3 Å². The third-order valence-corrected chi connectivity index (χ3v) is 2.80. The quantitative estimate of drug-likeness (QED) is 0.796. The lowest BCUT2D eigenvalue weighted by Gasteiger charge is -2.06. The van der Waals surface area contributed by atoms with Crippen molar-refractivity contribution in [3.8, 4) is 0 Å². The van der Waals surface area contributed by atoms with Crippen LogP contribution in [0.15, 0.2) is 30.5 Å². The van der Waals surface area contributed by atoms with E-state index in [2.05, 4.69) is 5.10 Å². The first kappa shape index (κ1) is 12.8. The van der Waals surface area contributed by atoms with E-state index in [9.17, 15) is 9.18 Å². The number of nitrogens with zero attached hydrogens (tertiary/aromatic N) is 2. The molecule has 2 aromatic rings. The molecule has 0 N–H and O–H groups in total. The zero-order chi connectivity index (χ0) is 13.1. The summed E-state index contributed by atoms with van der Waals surface area (Å²) < 4.78 is 15.3. The lowest BCUT2D eigenvalue weighted by Crippen LogP contribution is -2.12. The van der Waals surface area contributed by atoms with Gasteiger partial charge in [0.1, 0.15) is 11.5 Å². The molecule has 0 amide bonds. The minimum absolute atomic E-state index is 0.0113. The lowest BCUT2D eigenvalue weighted by molar-refractivity contribution is 0.102. The second kappa shape index (κ2) is 5.31. The van der Waals surface area contributed by atoms with E-state index in [1.54, 1.807) is 10.7 Å². The molecule has 0 aliphatic carbocycles. The Morgan fingerprint density at radius 1 is 1.44 bits per heavy atom. The van der Waals surface area contributed by atoms with Crippen molar-refractivity contribution in [3.05, 3.63) is 52.6 Å². The van der Waals surface area contributed by atoms with Gasteiger partial charge < -0.3 is 0 Å². The van der Waals surface area contributed by atoms with E-state index < -0.39 is 5.82 Å².